The van der Waals surface area contributed by atoms with E-state index in [0.717, 1.165) is 26.1 Å². The van der Waals surface area contributed by atoms with Crippen LogP contribution in [0.4, 0.5) is 14.5 Å². The fourth-order valence-electron chi connectivity index (χ4n) is 2.87. The highest BCUT2D eigenvalue weighted by atomic mass is 19.1. The van der Waals surface area contributed by atoms with Gasteiger partial charge >= 0.3 is 0 Å². The molecule has 2 nitrogen and oxygen atoms in total. The van der Waals surface area contributed by atoms with Crippen LogP contribution in [0.1, 0.15) is 34.1 Å². The average Bonchev–Trinajstić information content (AvgIpc) is 2.38. The average molecular weight is 296 g/mol. The molecule has 1 heterocycles. The molecule has 0 amide bonds. The molecular weight excluding hydrogens is 270 g/mol. The van der Waals surface area contributed by atoms with E-state index in [1.807, 2.05) is 4.90 Å². The third-order valence-corrected chi connectivity index (χ3v) is 3.83. The lowest BCUT2D eigenvalue weighted by Crippen LogP contribution is -2.50. The van der Waals surface area contributed by atoms with Crippen LogP contribution in [-0.4, -0.2) is 25.7 Å². The van der Waals surface area contributed by atoms with Crippen LogP contribution in [0.5, 0.6) is 0 Å². The second kappa shape index (κ2) is 6.30. The van der Waals surface area contributed by atoms with Crippen LogP contribution in [0.3, 0.4) is 0 Å². The molecule has 1 aliphatic heterocycles. The van der Waals surface area contributed by atoms with Crippen LogP contribution in [0.15, 0.2) is 18.2 Å². The molecule has 0 bridgehead atoms. The maximum absolute atomic E-state index is 14.0. The SMILES string of the molecule is CC1CC(NCC(C)(C)C)CN(c2cc(F)ccc2F)C1. The van der Waals surface area contributed by atoms with Crippen LogP contribution in [0.25, 0.3) is 0 Å². The number of piperidine rings is 1. The van der Waals surface area contributed by atoms with Crippen molar-refractivity contribution in [3.8, 4) is 0 Å². The molecule has 0 saturated carbocycles. The molecule has 0 aromatic heterocycles. The number of benzene rings is 1. The van der Waals surface area contributed by atoms with E-state index >= 15 is 0 Å². The first-order chi connectivity index (χ1) is 9.74. The molecule has 1 saturated heterocycles. The van der Waals surface area contributed by atoms with Gasteiger partial charge in [-0.3, -0.25) is 0 Å². The highest BCUT2D eigenvalue weighted by Crippen LogP contribution is 2.26. The maximum Gasteiger partial charge on any atom is 0.146 e. The number of nitrogens with one attached hydrogen (secondary N) is 1. The Kier molecular flexibility index (Phi) is 4.87. The molecule has 2 atom stereocenters. The molecule has 21 heavy (non-hydrogen) atoms. The lowest BCUT2D eigenvalue weighted by Gasteiger charge is -2.39. The van der Waals surface area contributed by atoms with Crippen molar-refractivity contribution in [3.63, 3.8) is 0 Å². The van der Waals surface area contributed by atoms with E-state index in [4.69, 9.17) is 0 Å². The molecule has 118 valence electrons. The van der Waals surface area contributed by atoms with Crippen molar-refractivity contribution in [1.82, 2.24) is 5.32 Å². The zero-order chi connectivity index (χ0) is 15.6. The topological polar surface area (TPSA) is 15.3 Å². The van der Waals surface area contributed by atoms with Gasteiger partial charge in [0.15, 0.2) is 0 Å². The fourth-order valence-corrected chi connectivity index (χ4v) is 2.87. The molecule has 1 aromatic carbocycles. The van der Waals surface area contributed by atoms with Crippen LogP contribution in [0, 0.1) is 23.0 Å². The summed E-state index contributed by atoms with van der Waals surface area (Å²) in [6.45, 7) is 11.1. The molecule has 1 aromatic rings. The normalized spacial score (nSPS) is 23.4. The number of hydrogen-bond acceptors (Lipinski definition) is 2. The predicted octanol–water partition coefficient (Wildman–Crippen LogP) is 3.82. The Bertz CT molecular complexity index is 482. The van der Waals surface area contributed by atoms with Crippen LogP contribution < -0.4 is 10.2 Å². The minimum absolute atomic E-state index is 0.218. The summed E-state index contributed by atoms with van der Waals surface area (Å²) in [4.78, 5) is 1.97. The molecule has 2 unspecified atom stereocenters. The number of nitrogens with zero attached hydrogens (tertiary/aromatic N) is 1. The molecule has 4 heteroatoms. The van der Waals surface area contributed by atoms with Gasteiger partial charge in [0.1, 0.15) is 11.6 Å². The zero-order valence-electron chi connectivity index (χ0n) is 13.4. The first-order valence-corrected chi connectivity index (χ1v) is 7.68. The van der Waals surface area contributed by atoms with Crippen molar-refractivity contribution in [3.05, 3.63) is 29.8 Å². The number of hydrogen-bond donors (Lipinski definition) is 1. The van der Waals surface area contributed by atoms with E-state index in [0.29, 0.717) is 17.6 Å². The third kappa shape index (κ3) is 4.67. The summed E-state index contributed by atoms with van der Waals surface area (Å²) in [6.07, 6.45) is 1.07. The fraction of sp³-hybridized carbons (Fsp3) is 0.647. The predicted molar refractivity (Wildman–Crippen MR) is 83.6 cm³/mol. The first-order valence-electron chi connectivity index (χ1n) is 7.68. The van der Waals surface area contributed by atoms with Crippen LogP contribution in [0.2, 0.25) is 0 Å². The van der Waals surface area contributed by atoms with Crippen molar-refractivity contribution in [2.24, 2.45) is 11.3 Å². The molecular formula is C17H26F2N2. The van der Waals surface area contributed by atoms with Gasteiger partial charge in [0.2, 0.25) is 0 Å². The Morgan fingerprint density at radius 1 is 1.24 bits per heavy atom. The van der Waals surface area contributed by atoms with Crippen LogP contribution in [-0.2, 0) is 0 Å². The third-order valence-electron chi connectivity index (χ3n) is 3.83. The molecule has 1 aliphatic rings. The zero-order valence-corrected chi connectivity index (χ0v) is 13.4. The van der Waals surface area contributed by atoms with E-state index in [1.165, 1.54) is 18.2 Å². The number of halogens is 2. The van der Waals surface area contributed by atoms with Gasteiger partial charge in [-0.15, -0.1) is 0 Å². The van der Waals surface area contributed by atoms with Crippen LogP contribution >= 0.6 is 0 Å². The molecule has 2 rings (SSSR count). The van der Waals surface area contributed by atoms with Gasteiger partial charge in [-0.25, -0.2) is 8.78 Å². The Labute approximate surface area is 126 Å². The lowest BCUT2D eigenvalue weighted by atomic mass is 9.92. The summed E-state index contributed by atoms with van der Waals surface area (Å²) in [5, 5.41) is 3.57. The van der Waals surface area contributed by atoms with Crippen molar-refractivity contribution in [2.75, 3.05) is 24.5 Å². The first kappa shape index (κ1) is 16.2. The summed E-state index contributed by atoms with van der Waals surface area (Å²) < 4.78 is 27.3. The second-order valence-electron chi connectivity index (χ2n) is 7.48. The van der Waals surface area contributed by atoms with E-state index in [-0.39, 0.29) is 17.0 Å². The smallest absolute Gasteiger partial charge is 0.146 e. The van der Waals surface area contributed by atoms with Gasteiger partial charge in [-0.05, 0) is 29.9 Å². The number of rotatable bonds is 3. The minimum Gasteiger partial charge on any atom is -0.367 e. The van der Waals surface area contributed by atoms with Gasteiger partial charge in [0, 0.05) is 31.7 Å². The summed E-state index contributed by atoms with van der Waals surface area (Å²) >= 11 is 0. The van der Waals surface area contributed by atoms with Crippen molar-refractivity contribution in [2.45, 2.75) is 40.2 Å². The molecule has 0 spiro atoms. The van der Waals surface area contributed by atoms with Crippen molar-refractivity contribution < 1.29 is 8.78 Å². The molecule has 1 N–H and O–H groups in total. The Hall–Kier alpha value is -1.16. The monoisotopic (exact) mass is 296 g/mol. The van der Waals surface area contributed by atoms with Gasteiger partial charge < -0.3 is 10.2 Å². The lowest BCUT2D eigenvalue weighted by molar-refractivity contribution is 0.299. The summed E-state index contributed by atoms with van der Waals surface area (Å²) in [5.41, 5.74) is 0.597. The van der Waals surface area contributed by atoms with E-state index in [9.17, 15) is 8.78 Å². The van der Waals surface area contributed by atoms with Gasteiger partial charge in [-0.2, -0.15) is 0 Å². The standard InChI is InChI=1S/C17H26F2N2/c1-12-7-14(20-11-17(2,3)4)10-21(9-12)16-8-13(18)5-6-15(16)19/h5-6,8,12,14,20H,7,9-11H2,1-4H3. The highest BCUT2D eigenvalue weighted by Gasteiger charge is 2.27. The second-order valence-corrected chi connectivity index (χ2v) is 7.48. The minimum atomic E-state index is -0.385. The molecule has 0 aliphatic carbocycles. The summed E-state index contributed by atoms with van der Waals surface area (Å²) in [7, 11) is 0. The summed E-state index contributed by atoms with van der Waals surface area (Å²) in [5.74, 6) is -0.275. The number of anilines is 1. The Morgan fingerprint density at radius 3 is 2.62 bits per heavy atom. The Balaban J connectivity index is 2.08. The van der Waals surface area contributed by atoms with Crippen molar-refractivity contribution >= 4 is 5.69 Å². The van der Waals surface area contributed by atoms with Gasteiger partial charge in [-0.1, -0.05) is 27.7 Å². The highest BCUT2D eigenvalue weighted by molar-refractivity contribution is 5.48. The molecule has 1 fully saturated rings. The van der Waals surface area contributed by atoms with Crippen molar-refractivity contribution in [1.29, 1.82) is 0 Å². The Morgan fingerprint density at radius 2 is 1.95 bits per heavy atom. The van der Waals surface area contributed by atoms with Gasteiger partial charge in [0.25, 0.3) is 0 Å². The van der Waals surface area contributed by atoms with E-state index < -0.39 is 0 Å². The maximum atomic E-state index is 14.0. The van der Waals surface area contributed by atoms with E-state index in [2.05, 4.69) is 33.0 Å². The quantitative estimate of drug-likeness (QED) is 0.912. The van der Waals surface area contributed by atoms with E-state index in [1.54, 1.807) is 0 Å². The largest absolute Gasteiger partial charge is 0.367 e. The molecule has 0 radical (unpaired) electrons. The van der Waals surface area contributed by atoms with Gasteiger partial charge in [0.05, 0.1) is 5.69 Å². The summed E-state index contributed by atoms with van der Waals surface area (Å²) in [6, 6.07) is 3.99.